The number of methoxy groups -OCH3 is 1. The maximum Gasteiger partial charge on any atom is 0.277 e. The van der Waals surface area contributed by atoms with Crippen LogP contribution in [-0.2, 0) is 9.84 Å². The minimum atomic E-state index is -3.96. The first-order chi connectivity index (χ1) is 14.8. The van der Waals surface area contributed by atoms with Gasteiger partial charge in [0.15, 0.2) is 5.37 Å². The number of anilines is 1. The Kier molecular flexibility index (Phi) is 6.57. The lowest BCUT2D eigenvalue weighted by molar-refractivity contribution is 0.0706. The zero-order chi connectivity index (χ0) is 22.6. The molecule has 162 valence electrons. The first-order valence-corrected chi connectivity index (χ1v) is 10.9. The number of aryl methyl sites for hydroxylation is 2. The Labute approximate surface area is 180 Å². The van der Waals surface area contributed by atoms with E-state index in [1.807, 2.05) is 0 Å². The summed E-state index contributed by atoms with van der Waals surface area (Å²) in [7, 11) is -2.46. The number of hydrogen-bond donors (Lipinski definition) is 3. The Balaban J connectivity index is 2.17. The van der Waals surface area contributed by atoms with Crippen molar-refractivity contribution in [3.05, 3.63) is 83.2 Å². The van der Waals surface area contributed by atoms with Gasteiger partial charge < -0.3 is 10.1 Å². The molecule has 0 saturated carbocycles. The van der Waals surface area contributed by atoms with Gasteiger partial charge in [0, 0.05) is 18.0 Å². The van der Waals surface area contributed by atoms with Crippen molar-refractivity contribution >= 4 is 21.4 Å². The zero-order valence-corrected chi connectivity index (χ0v) is 18.1. The Bertz CT molecular complexity index is 1180. The third-order valence-corrected chi connectivity index (χ3v) is 6.85. The first kappa shape index (κ1) is 22.3. The van der Waals surface area contributed by atoms with Gasteiger partial charge >= 0.3 is 0 Å². The summed E-state index contributed by atoms with van der Waals surface area (Å²) in [5, 5.41) is 11.0. The molecule has 0 aliphatic heterocycles. The number of nitrogens with one attached hydrogen (secondary N) is 2. The van der Waals surface area contributed by atoms with Crippen LogP contribution in [0.2, 0.25) is 0 Å². The van der Waals surface area contributed by atoms with Crippen LogP contribution >= 0.6 is 0 Å². The quantitative estimate of drug-likeness (QED) is 0.380. The molecule has 0 spiro atoms. The first-order valence-electron chi connectivity index (χ1n) is 9.38. The fraction of sp³-hybridized carbons (Fsp3) is 0.182. The van der Waals surface area contributed by atoms with Crippen molar-refractivity contribution in [1.82, 2.24) is 10.5 Å². The number of hydrogen-bond acceptors (Lipinski definition) is 7. The highest BCUT2D eigenvalue weighted by Gasteiger charge is 2.31. The summed E-state index contributed by atoms with van der Waals surface area (Å²) in [4.78, 5) is 16.5. The molecular formula is C22H23N3O5S. The van der Waals surface area contributed by atoms with Gasteiger partial charge in [0.1, 0.15) is 5.75 Å². The summed E-state index contributed by atoms with van der Waals surface area (Å²) in [6.07, 6.45) is 3.00. The maximum atomic E-state index is 13.6. The van der Waals surface area contributed by atoms with Gasteiger partial charge in [0.25, 0.3) is 5.91 Å². The van der Waals surface area contributed by atoms with E-state index in [1.165, 1.54) is 25.4 Å². The number of carbonyl (C=O) groups is 1. The van der Waals surface area contributed by atoms with Crippen molar-refractivity contribution in [2.24, 2.45) is 0 Å². The average molecular weight is 442 g/mol. The summed E-state index contributed by atoms with van der Waals surface area (Å²) < 4.78 is 32.3. The number of benzene rings is 2. The van der Waals surface area contributed by atoms with Crippen LogP contribution in [-0.4, -0.2) is 31.6 Å². The van der Waals surface area contributed by atoms with Crippen LogP contribution < -0.4 is 15.5 Å². The Hall–Kier alpha value is -3.43. The number of nitrogens with zero attached hydrogens (tertiary/aromatic N) is 1. The topological polar surface area (TPSA) is 118 Å². The average Bonchev–Trinajstić information content (AvgIpc) is 2.79. The second-order valence-corrected chi connectivity index (χ2v) is 8.95. The van der Waals surface area contributed by atoms with E-state index in [-0.39, 0.29) is 10.5 Å². The molecule has 3 N–H and O–H groups in total. The molecule has 0 aliphatic rings. The third-order valence-electron chi connectivity index (χ3n) is 4.91. The molecule has 0 radical (unpaired) electrons. The van der Waals surface area contributed by atoms with Crippen LogP contribution in [0.25, 0.3) is 0 Å². The molecule has 0 aliphatic carbocycles. The van der Waals surface area contributed by atoms with Gasteiger partial charge in [-0.25, -0.2) is 13.9 Å². The lowest BCUT2D eigenvalue weighted by Gasteiger charge is -2.24. The highest BCUT2D eigenvalue weighted by molar-refractivity contribution is 7.91. The molecule has 1 aromatic heterocycles. The van der Waals surface area contributed by atoms with Crippen LogP contribution in [0.5, 0.6) is 5.75 Å². The number of ether oxygens (including phenoxy) is 1. The molecule has 0 saturated heterocycles. The number of pyridine rings is 1. The Morgan fingerprint density at radius 2 is 1.74 bits per heavy atom. The van der Waals surface area contributed by atoms with E-state index >= 15 is 0 Å². The number of sulfone groups is 1. The lowest BCUT2D eigenvalue weighted by atomic mass is 10.0. The summed E-state index contributed by atoms with van der Waals surface area (Å²) in [6, 6.07) is 12.8. The van der Waals surface area contributed by atoms with Gasteiger partial charge in [-0.1, -0.05) is 18.2 Å². The summed E-state index contributed by atoms with van der Waals surface area (Å²) in [5.74, 6) is -0.211. The zero-order valence-electron chi connectivity index (χ0n) is 17.3. The van der Waals surface area contributed by atoms with Gasteiger partial charge in [0.2, 0.25) is 9.84 Å². The van der Waals surface area contributed by atoms with Crippen LogP contribution in [0, 0.1) is 13.8 Å². The van der Waals surface area contributed by atoms with Crippen LogP contribution in [0.3, 0.4) is 0 Å². The van der Waals surface area contributed by atoms with Crippen molar-refractivity contribution in [3.63, 3.8) is 0 Å². The smallest absolute Gasteiger partial charge is 0.277 e. The predicted octanol–water partition coefficient (Wildman–Crippen LogP) is 3.41. The molecule has 3 aromatic rings. The van der Waals surface area contributed by atoms with Gasteiger partial charge in [-0.15, -0.1) is 0 Å². The number of amides is 1. The molecule has 2 aromatic carbocycles. The second-order valence-electron chi connectivity index (χ2n) is 6.92. The number of carbonyl (C=O) groups excluding carboxylic acids is 1. The molecule has 1 heterocycles. The fourth-order valence-electron chi connectivity index (χ4n) is 3.25. The molecule has 0 bridgehead atoms. The summed E-state index contributed by atoms with van der Waals surface area (Å²) in [6.45, 7) is 3.45. The van der Waals surface area contributed by atoms with E-state index in [0.29, 0.717) is 28.1 Å². The largest absolute Gasteiger partial charge is 0.497 e. The molecule has 1 atom stereocenters. The van der Waals surface area contributed by atoms with Gasteiger partial charge in [-0.2, -0.15) is 0 Å². The standard InChI is InChI=1S/C22H23N3O5S/c1-14-6-7-15(2)20(19(14)21(26)25-27)24-22(16-5-4-12-23-13-16)31(28,29)18-10-8-17(30-3)9-11-18/h4-13,22,24,27H,1-3H3,(H,25,26). The molecule has 0 fully saturated rings. The van der Waals surface area contributed by atoms with E-state index in [0.717, 1.165) is 0 Å². The minimum Gasteiger partial charge on any atom is -0.497 e. The SMILES string of the molecule is COc1ccc(S(=O)(=O)C(Nc2c(C)ccc(C)c2C(=O)NO)c2cccnc2)cc1. The Morgan fingerprint density at radius 3 is 2.32 bits per heavy atom. The van der Waals surface area contributed by atoms with E-state index in [9.17, 15) is 18.4 Å². The highest BCUT2D eigenvalue weighted by atomic mass is 32.2. The molecular weight excluding hydrogens is 418 g/mol. The minimum absolute atomic E-state index is 0.0770. The Morgan fingerprint density at radius 1 is 1.06 bits per heavy atom. The van der Waals surface area contributed by atoms with Gasteiger partial charge in [-0.3, -0.25) is 15.0 Å². The van der Waals surface area contributed by atoms with Gasteiger partial charge in [0.05, 0.1) is 23.3 Å². The van der Waals surface area contributed by atoms with E-state index in [1.54, 1.807) is 61.9 Å². The van der Waals surface area contributed by atoms with Crippen LogP contribution in [0.1, 0.15) is 32.4 Å². The van der Waals surface area contributed by atoms with Crippen molar-refractivity contribution in [1.29, 1.82) is 0 Å². The predicted molar refractivity (Wildman–Crippen MR) is 116 cm³/mol. The van der Waals surface area contributed by atoms with Gasteiger partial charge in [-0.05, 0) is 55.3 Å². The van der Waals surface area contributed by atoms with Crippen LogP contribution in [0.4, 0.5) is 5.69 Å². The number of aromatic nitrogens is 1. The van der Waals surface area contributed by atoms with Crippen LogP contribution in [0.15, 0.2) is 65.8 Å². The molecule has 31 heavy (non-hydrogen) atoms. The van der Waals surface area contributed by atoms with Crippen molar-refractivity contribution in [2.75, 3.05) is 12.4 Å². The lowest BCUT2D eigenvalue weighted by Crippen LogP contribution is -2.26. The monoisotopic (exact) mass is 441 g/mol. The summed E-state index contributed by atoms with van der Waals surface area (Å²) >= 11 is 0. The highest BCUT2D eigenvalue weighted by Crippen LogP contribution is 2.34. The van der Waals surface area contributed by atoms with Crippen molar-refractivity contribution in [3.8, 4) is 5.75 Å². The molecule has 9 heteroatoms. The van der Waals surface area contributed by atoms with E-state index in [2.05, 4.69) is 10.3 Å². The number of rotatable bonds is 7. The third kappa shape index (κ3) is 4.52. The normalized spacial score (nSPS) is 12.1. The van der Waals surface area contributed by atoms with Crippen molar-refractivity contribution < 1.29 is 23.2 Å². The maximum absolute atomic E-state index is 13.6. The number of hydroxylamine groups is 1. The molecule has 8 nitrogen and oxygen atoms in total. The second kappa shape index (κ2) is 9.15. The van der Waals surface area contributed by atoms with E-state index in [4.69, 9.17) is 4.74 Å². The molecule has 1 amide bonds. The molecule has 3 rings (SSSR count). The van der Waals surface area contributed by atoms with E-state index < -0.39 is 21.1 Å². The fourth-order valence-corrected chi connectivity index (χ4v) is 4.81. The molecule has 1 unspecified atom stereocenters. The van der Waals surface area contributed by atoms with Crippen molar-refractivity contribution in [2.45, 2.75) is 24.1 Å². The summed E-state index contributed by atoms with van der Waals surface area (Å²) in [5.41, 5.74) is 3.70.